The van der Waals surface area contributed by atoms with Gasteiger partial charge in [-0.3, -0.25) is 4.98 Å². The summed E-state index contributed by atoms with van der Waals surface area (Å²) in [6.45, 7) is 4.24. The summed E-state index contributed by atoms with van der Waals surface area (Å²) in [6.07, 6.45) is 1.15. The molecule has 0 unspecified atom stereocenters. The molecule has 0 atom stereocenters. The van der Waals surface area contributed by atoms with E-state index < -0.39 is 19.9 Å². The Bertz CT molecular complexity index is 1320. The van der Waals surface area contributed by atoms with Crippen LogP contribution in [0, 0.1) is 5.92 Å². The van der Waals surface area contributed by atoms with Gasteiger partial charge >= 0.3 is 0 Å². The van der Waals surface area contributed by atoms with Crippen molar-refractivity contribution in [3.8, 4) is 11.3 Å². The Kier molecular flexibility index (Phi) is 7.39. The van der Waals surface area contributed by atoms with Crippen molar-refractivity contribution in [1.82, 2.24) is 9.29 Å². The number of hydrogen-bond acceptors (Lipinski definition) is 5. The van der Waals surface area contributed by atoms with Gasteiger partial charge in [0.05, 0.1) is 27.9 Å². The van der Waals surface area contributed by atoms with Crippen molar-refractivity contribution >= 4 is 31.5 Å². The zero-order valence-electron chi connectivity index (χ0n) is 18.1. The molecule has 0 N–H and O–H groups in total. The van der Waals surface area contributed by atoms with Crippen molar-refractivity contribution in [2.75, 3.05) is 12.8 Å². The van der Waals surface area contributed by atoms with Gasteiger partial charge in [0.2, 0.25) is 10.0 Å². The van der Waals surface area contributed by atoms with Crippen LogP contribution in [0.3, 0.4) is 0 Å². The van der Waals surface area contributed by atoms with Crippen molar-refractivity contribution in [1.29, 1.82) is 0 Å². The molecule has 0 amide bonds. The van der Waals surface area contributed by atoms with Crippen molar-refractivity contribution in [2.45, 2.75) is 30.2 Å². The Morgan fingerprint density at radius 2 is 1.62 bits per heavy atom. The lowest BCUT2D eigenvalue weighted by molar-refractivity contribution is 0.359. The second-order valence-electron chi connectivity index (χ2n) is 7.94. The molecule has 0 fully saturated rings. The largest absolute Gasteiger partial charge is 0.251 e. The summed E-state index contributed by atoms with van der Waals surface area (Å²) in [6, 6.07) is 18.2. The molecule has 0 aliphatic heterocycles. The summed E-state index contributed by atoms with van der Waals surface area (Å²) in [5, 5.41) is 0.167. The van der Waals surface area contributed by atoms with Gasteiger partial charge in [0, 0.05) is 18.4 Å². The molecule has 0 radical (unpaired) electrons. The van der Waals surface area contributed by atoms with Gasteiger partial charge < -0.3 is 0 Å². The molecular formula is C23H25ClN2O4S2. The molecule has 0 spiro atoms. The van der Waals surface area contributed by atoms with Gasteiger partial charge in [-0.1, -0.05) is 55.8 Å². The van der Waals surface area contributed by atoms with Gasteiger partial charge in [-0.2, -0.15) is 4.31 Å². The number of rotatable bonds is 8. The summed E-state index contributed by atoms with van der Waals surface area (Å²) < 4.78 is 51.9. The van der Waals surface area contributed by atoms with Gasteiger partial charge in [-0.05, 0) is 42.3 Å². The molecule has 6 nitrogen and oxygen atoms in total. The third kappa shape index (κ3) is 5.75. The molecule has 170 valence electrons. The molecule has 2 aromatic carbocycles. The molecule has 0 aliphatic carbocycles. The maximum atomic E-state index is 13.3. The van der Waals surface area contributed by atoms with E-state index in [1.54, 1.807) is 54.6 Å². The van der Waals surface area contributed by atoms with Crippen molar-refractivity contribution in [3.63, 3.8) is 0 Å². The highest BCUT2D eigenvalue weighted by atomic mass is 35.5. The number of pyridine rings is 1. The predicted molar refractivity (Wildman–Crippen MR) is 127 cm³/mol. The zero-order chi connectivity index (χ0) is 23.5. The quantitative estimate of drug-likeness (QED) is 0.457. The van der Waals surface area contributed by atoms with Crippen molar-refractivity contribution in [2.24, 2.45) is 5.92 Å². The molecule has 32 heavy (non-hydrogen) atoms. The molecule has 0 aliphatic rings. The Morgan fingerprint density at radius 1 is 0.938 bits per heavy atom. The Labute approximate surface area is 194 Å². The Hall–Kier alpha value is -2.26. The van der Waals surface area contributed by atoms with E-state index in [1.807, 2.05) is 13.8 Å². The normalized spacial score (nSPS) is 12.4. The smallest absolute Gasteiger partial charge is 0.244 e. The number of benzene rings is 2. The number of hydrogen-bond donors (Lipinski definition) is 0. The van der Waals surface area contributed by atoms with Gasteiger partial charge in [0.25, 0.3) is 0 Å². The highest BCUT2D eigenvalue weighted by Gasteiger charge is 2.27. The molecule has 3 aromatic rings. The fourth-order valence-corrected chi connectivity index (χ4v) is 5.98. The predicted octanol–water partition coefficient (Wildman–Crippen LogP) is 4.65. The molecule has 0 bridgehead atoms. The summed E-state index contributed by atoms with van der Waals surface area (Å²) in [5.41, 5.74) is 1.75. The minimum absolute atomic E-state index is 0.0549. The minimum Gasteiger partial charge on any atom is -0.251 e. The van der Waals surface area contributed by atoms with E-state index in [1.165, 1.54) is 16.4 Å². The highest BCUT2D eigenvalue weighted by Crippen LogP contribution is 2.27. The van der Waals surface area contributed by atoms with Crippen LogP contribution in [0.4, 0.5) is 0 Å². The summed E-state index contributed by atoms with van der Waals surface area (Å²) in [5.74, 6) is 0.0851. The first-order valence-electron chi connectivity index (χ1n) is 9.99. The van der Waals surface area contributed by atoms with Gasteiger partial charge in [0.1, 0.15) is 4.90 Å². The first kappa shape index (κ1) is 24.4. The third-order valence-corrected chi connectivity index (χ3v) is 8.15. The Balaban J connectivity index is 1.98. The van der Waals surface area contributed by atoms with Crippen molar-refractivity contribution in [3.05, 3.63) is 77.4 Å². The lowest BCUT2D eigenvalue weighted by Crippen LogP contribution is -2.34. The second kappa shape index (κ2) is 9.70. The van der Waals surface area contributed by atoms with E-state index >= 15 is 0 Å². The van der Waals surface area contributed by atoms with Gasteiger partial charge in [-0.15, -0.1) is 0 Å². The number of aromatic nitrogens is 1. The molecule has 9 heteroatoms. The number of sulfone groups is 1. The Morgan fingerprint density at radius 3 is 2.28 bits per heavy atom. The first-order valence-corrected chi connectivity index (χ1v) is 13.7. The average Bonchev–Trinajstić information content (AvgIpc) is 2.73. The van der Waals surface area contributed by atoms with Crippen LogP contribution in [0.2, 0.25) is 5.02 Å². The van der Waals surface area contributed by atoms with E-state index in [2.05, 4.69) is 4.98 Å². The van der Waals surface area contributed by atoms with E-state index in [-0.39, 0.29) is 27.3 Å². The third-order valence-electron chi connectivity index (χ3n) is 4.73. The van der Waals surface area contributed by atoms with Crippen LogP contribution in [0.15, 0.2) is 76.5 Å². The molecule has 0 saturated heterocycles. The van der Waals surface area contributed by atoms with Crippen LogP contribution in [-0.2, 0) is 26.4 Å². The van der Waals surface area contributed by atoms with E-state index in [9.17, 15) is 16.8 Å². The van der Waals surface area contributed by atoms with Crippen LogP contribution in [0.25, 0.3) is 11.3 Å². The molecule has 0 saturated carbocycles. The van der Waals surface area contributed by atoms with Crippen LogP contribution < -0.4 is 0 Å². The molecule has 1 heterocycles. The van der Waals surface area contributed by atoms with Crippen LogP contribution >= 0.6 is 11.6 Å². The fourth-order valence-electron chi connectivity index (χ4n) is 3.24. The maximum absolute atomic E-state index is 13.3. The van der Waals surface area contributed by atoms with E-state index in [0.717, 1.165) is 6.26 Å². The van der Waals surface area contributed by atoms with Crippen molar-refractivity contribution < 1.29 is 16.8 Å². The number of nitrogens with zero attached hydrogens (tertiary/aromatic N) is 2. The van der Waals surface area contributed by atoms with E-state index in [0.29, 0.717) is 23.5 Å². The highest BCUT2D eigenvalue weighted by molar-refractivity contribution is 7.90. The lowest BCUT2D eigenvalue weighted by Gasteiger charge is -2.24. The van der Waals surface area contributed by atoms with Crippen LogP contribution in [0.5, 0.6) is 0 Å². The topological polar surface area (TPSA) is 84.4 Å². The monoisotopic (exact) mass is 492 g/mol. The van der Waals surface area contributed by atoms with Crippen LogP contribution in [-0.4, -0.2) is 38.9 Å². The summed E-state index contributed by atoms with van der Waals surface area (Å²) in [7, 11) is -7.20. The van der Waals surface area contributed by atoms with E-state index in [4.69, 9.17) is 11.6 Å². The standard InChI is InChI=1S/C23H25ClN2O4S2/c1-17(2)15-26(32(29,30)23-13-5-4-11-21(23)24)16-19-9-7-12-22(25-19)18-8-6-10-20(14-18)31(3,27)28/h4-14,17H,15-16H2,1-3H3. The minimum atomic E-state index is -3.85. The molecule has 3 rings (SSSR count). The first-order chi connectivity index (χ1) is 15.0. The van der Waals surface area contributed by atoms with Gasteiger partial charge in [0.15, 0.2) is 9.84 Å². The fraction of sp³-hybridized carbons (Fsp3) is 0.261. The number of sulfonamides is 1. The SMILES string of the molecule is CC(C)CN(Cc1cccc(-c2cccc(S(C)(=O)=O)c2)n1)S(=O)(=O)c1ccccc1Cl. The average molecular weight is 493 g/mol. The molecular weight excluding hydrogens is 468 g/mol. The second-order valence-corrected chi connectivity index (χ2v) is 12.3. The summed E-state index contributed by atoms with van der Waals surface area (Å²) >= 11 is 6.18. The molecule has 1 aromatic heterocycles. The summed E-state index contributed by atoms with van der Waals surface area (Å²) in [4.78, 5) is 4.86. The lowest BCUT2D eigenvalue weighted by atomic mass is 10.1. The maximum Gasteiger partial charge on any atom is 0.244 e. The zero-order valence-corrected chi connectivity index (χ0v) is 20.5. The van der Waals surface area contributed by atoms with Gasteiger partial charge in [-0.25, -0.2) is 16.8 Å². The van der Waals surface area contributed by atoms with Crippen LogP contribution in [0.1, 0.15) is 19.5 Å². The number of halogens is 1.